The molecule has 172 valence electrons. The summed E-state index contributed by atoms with van der Waals surface area (Å²) in [6.07, 6.45) is 2.56. The molecule has 1 unspecified atom stereocenters. The quantitative estimate of drug-likeness (QED) is 0.484. The SMILES string of the molecule is N[C@H](Cc1cc(F)c(F)cc1F)C(OC=O)C(=O)N1CCC[C@H]1c1nc(C2CCC2)no1. The molecule has 8 nitrogen and oxygen atoms in total. The fourth-order valence-corrected chi connectivity index (χ4v) is 4.15. The van der Waals surface area contributed by atoms with Gasteiger partial charge in [0.25, 0.3) is 12.4 Å². The van der Waals surface area contributed by atoms with Gasteiger partial charge in [0.2, 0.25) is 5.89 Å². The first-order valence-electron chi connectivity index (χ1n) is 10.5. The lowest BCUT2D eigenvalue weighted by molar-refractivity contribution is -0.154. The zero-order valence-corrected chi connectivity index (χ0v) is 17.2. The van der Waals surface area contributed by atoms with E-state index in [4.69, 9.17) is 15.0 Å². The molecule has 1 aromatic heterocycles. The number of halogens is 3. The Morgan fingerprint density at radius 3 is 2.66 bits per heavy atom. The molecule has 1 aromatic carbocycles. The van der Waals surface area contributed by atoms with E-state index in [1.807, 2.05) is 0 Å². The maximum atomic E-state index is 14.0. The first-order valence-corrected chi connectivity index (χ1v) is 10.5. The van der Waals surface area contributed by atoms with E-state index in [0.29, 0.717) is 43.2 Å². The van der Waals surface area contributed by atoms with Gasteiger partial charge < -0.3 is 19.9 Å². The second-order valence-electron chi connectivity index (χ2n) is 8.19. The van der Waals surface area contributed by atoms with Crippen LogP contribution in [0.15, 0.2) is 16.7 Å². The van der Waals surface area contributed by atoms with Crippen molar-refractivity contribution in [3.8, 4) is 0 Å². The van der Waals surface area contributed by atoms with Crippen molar-refractivity contribution in [2.75, 3.05) is 6.54 Å². The number of aromatic nitrogens is 2. The summed E-state index contributed by atoms with van der Waals surface area (Å²) in [6.45, 7) is 0.437. The van der Waals surface area contributed by atoms with Crippen LogP contribution in [-0.2, 0) is 20.7 Å². The van der Waals surface area contributed by atoms with Crippen LogP contribution in [0.1, 0.15) is 61.3 Å². The van der Waals surface area contributed by atoms with Gasteiger partial charge >= 0.3 is 0 Å². The van der Waals surface area contributed by atoms with E-state index in [1.54, 1.807) is 0 Å². The fourth-order valence-electron chi connectivity index (χ4n) is 4.15. The largest absolute Gasteiger partial charge is 0.453 e. The summed E-state index contributed by atoms with van der Waals surface area (Å²) >= 11 is 0. The van der Waals surface area contributed by atoms with Gasteiger partial charge in [0.15, 0.2) is 23.6 Å². The van der Waals surface area contributed by atoms with Crippen molar-refractivity contribution < 1.29 is 32.0 Å². The number of nitrogens with two attached hydrogens (primary N) is 1. The fraction of sp³-hybridized carbons (Fsp3) is 0.524. The lowest BCUT2D eigenvalue weighted by Gasteiger charge is -2.29. The van der Waals surface area contributed by atoms with Crippen molar-refractivity contribution in [1.82, 2.24) is 15.0 Å². The number of hydrogen-bond acceptors (Lipinski definition) is 7. The minimum atomic E-state index is -1.45. The standard InChI is InChI=1S/C21H23F3N4O4/c22-13-9-15(24)14(23)7-12(13)8-16(25)18(31-10-29)21(30)28-6-2-5-17(28)20-26-19(27-32-20)11-3-1-4-11/h7,9-11,16-18H,1-6,8,25H2/t16-,17+,18?/m1/s1. The van der Waals surface area contributed by atoms with Crippen molar-refractivity contribution in [1.29, 1.82) is 0 Å². The summed E-state index contributed by atoms with van der Waals surface area (Å²) in [6, 6.07) is -0.609. The molecule has 11 heteroatoms. The van der Waals surface area contributed by atoms with Crippen molar-refractivity contribution in [2.24, 2.45) is 5.73 Å². The second-order valence-corrected chi connectivity index (χ2v) is 8.19. The number of amides is 1. The maximum absolute atomic E-state index is 14.0. The van der Waals surface area contributed by atoms with E-state index in [9.17, 15) is 22.8 Å². The first-order chi connectivity index (χ1) is 15.4. The molecule has 1 aliphatic carbocycles. The molecule has 0 radical (unpaired) electrons. The van der Waals surface area contributed by atoms with E-state index in [-0.39, 0.29) is 24.4 Å². The molecule has 4 rings (SSSR count). The number of likely N-dealkylation sites (tertiary alicyclic amines) is 1. The Morgan fingerprint density at radius 2 is 1.97 bits per heavy atom. The van der Waals surface area contributed by atoms with Gasteiger partial charge in [-0.05, 0) is 43.7 Å². The summed E-state index contributed by atoms with van der Waals surface area (Å²) in [5.41, 5.74) is 5.82. The van der Waals surface area contributed by atoms with Gasteiger partial charge in [-0.1, -0.05) is 11.6 Å². The third-order valence-electron chi connectivity index (χ3n) is 6.13. The third kappa shape index (κ3) is 4.34. The van der Waals surface area contributed by atoms with Crippen molar-refractivity contribution in [3.05, 3.63) is 46.9 Å². The van der Waals surface area contributed by atoms with Gasteiger partial charge in [-0.25, -0.2) is 13.2 Å². The highest BCUT2D eigenvalue weighted by Gasteiger charge is 2.40. The van der Waals surface area contributed by atoms with Crippen molar-refractivity contribution in [2.45, 2.75) is 62.6 Å². The van der Waals surface area contributed by atoms with E-state index in [0.717, 1.165) is 19.3 Å². The highest BCUT2D eigenvalue weighted by atomic mass is 19.2. The maximum Gasteiger partial charge on any atom is 0.293 e. The van der Waals surface area contributed by atoms with Gasteiger partial charge in [0.05, 0.1) is 6.04 Å². The van der Waals surface area contributed by atoms with Crippen LogP contribution in [0.5, 0.6) is 0 Å². The average Bonchev–Trinajstić information content (AvgIpc) is 3.38. The van der Waals surface area contributed by atoms with E-state index >= 15 is 0 Å². The lowest BCUT2D eigenvalue weighted by atomic mass is 9.85. The zero-order valence-electron chi connectivity index (χ0n) is 17.2. The third-order valence-corrected chi connectivity index (χ3v) is 6.13. The average molecular weight is 452 g/mol. The predicted molar refractivity (Wildman–Crippen MR) is 104 cm³/mol. The molecule has 32 heavy (non-hydrogen) atoms. The minimum Gasteiger partial charge on any atom is -0.453 e. The van der Waals surface area contributed by atoms with Crippen LogP contribution >= 0.6 is 0 Å². The Bertz CT molecular complexity index is 997. The van der Waals surface area contributed by atoms with E-state index in [1.165, 1.54) is 4.90 Å². The number of carbonyl (C=O) groups is 2. The van der Waals surface area contributed by atoms with Crippen LogP contribution < -0.4 is 5.73 Å². The Hall–Kier alpha value is -2.95. The summed E-state index contributed by atoms with van der Waals surface area (Å²) in [5.74, 6) is -2.99. The monoisotopic (exact) mass is 452 g/mol. The number of nitrogens with zero attached hydrogens (tertiary/aromatic N) is 3. The molecule has 2 fully saturated rings. The Morgan fingerprint density at radius 1 is 1.22 bits per heavy atom. The Kier molecular flexibility index (Phi) is 6.45. The molecular formula is C21H23F3N4O4. The predicted octanol–water partition coefficient (Wildman–Crippen LogP) is 2.53. The highest BCUT2D eigenvalue weighted by molar-refractivity contribution is 5.83. The lowest BCUT2D eigenvalue weighted by Crippen LogP contribution is -2.50. The molecule has 1 amide bonds. The van der Waals surface area contributed by atoms with Crippen LogP contribution in [0.25, 0.3) is 0 Å². The topological polar surface area (TPSA) is 112 Å². The van der Waals surface area contributed by atoms with Crippen LogP contribution in [0.2, 0.25) is 0 Å². The molecule has 1 saturated carbocycles. The number of ether oxygens (including phenoxy) is 1. The Balaban J connectivity index is 1.50. The molecule has 1 saturated heterocycles. The molecule has 0 spiro atoms. The minimum absolute atomic E-state index is 0.0799. The number of benzene rings is 1. The molecule has 2 N–H and O–H groups in total. The summed E-state index contributed by atoms with van der Waals surface area (Å²) in [4.78, 5) is 30.2. The molecule has 2 aromatic rings. The van der Waals surface area contributed by atoms with Crippen LogP contribution in [0.3, 0.4) is 0 Å². The number of hydrogen-bond donors (Lipinski definition) is 1. The normalized spacial score (nSPS) is 20.6. The van der Waals surface area contributed by atoms with Gasteiger partial charge in [-0.15, -0.1) is 0 Å². The molecular weight excluding hydrogens is 429 g/mol. The first kappa shape index (κ1) is 22.3. The van der Waals surface area contributed by atoms with Crippen LogP contribution in [-0.4, -0.2) is 46.1 Å². The van der Waals surface area contributed by atoms with Gasteiger partial charge in [0.1, 0.15) is 11.9 Å². The Labute approximate surface area is 181 Å². The highest BCUT2D eigenvalue weighted by Crippen LogP contribution is 2.37. The van der Waals surface area contributed by atoms with Crippen LogP contribution in [0.4, 0.5) is 13.2 Å². The molecule has 3 atom stereocenters. The summed E-state index contributed by atoms with van der Waals surface area (Å²) in [7, 11) is 0. The number of carbonyl (C=O) groups excluding carboxylic acids is 2. The molecule has 2 aliphatic rings. The van der Waals surface area contributed by atoms with Crippen molar-refractivity contribution in [3.63, 3.8) is 0 Å². The summed E-state index contributed by atoms with van der Waals surface area (Å²) in [5, 5.41) is 4.03. The molecule has 0 bridgehead atoms. The second kappa shape index (κ2) is 9.27. The van der Waals surface area contributed by atoms with E-state index in [2.05, 4.69) is 10.1 Å². The van der Waals surface area contributed by atoms with Gasteiger partial charge in [-0.2, -0.15) is 4.98 Å². The molecule has 2 heterocycles. The zero-order chi connectivity index (χ0) is 22.8. The smallest absolute Gasteiger partial charge is 0.293 e. The summed E-state index contributed by atoms with van der Waals surface area (Å²) < 4.78 is 51.1. The van der Waals surface area contributed by atoms with Gasteiger partial charge in [-0.3, -0.25) is 9.59 Å². The number of rotatable bonds is 8. The van der Waals surface area contributed by atoms with Crippen LogP contribution in [0, 0.1) is 17.5 Å². The van der Waals surface area contributed by atoms with Crippen molar-refractivity contribution >= 4 is 12.4 Å². The van der Waals surface area contributed by atoms with Gasteiger partial charge in [0, 0.05) is 18.5 Å². The molecule has 1 aliphatic heterocycles. The van der Waals surface area contributed by atoms with E-state index < -0.39 is 41.5 Å².